The average Bonchev–Trinajstić information content (AvgIpc) is 2.67. The number of nitrogens with one attached hydrogen (secondary N) is 2. The summed E-state index contributed by atoms with van der Waals surface area (Å²) in [6.45, 7) is 2.23. The highest BCUT2D eigenvalue weighted by atomic mass is 16.5. The molecule has 2 rings (SSSR count). The van der Waals surface area contributed by atoms with Gasteiger partial charge in [-0.15, -0.1) is 0 Å². The molecule has 2 N–H and O–H groups in total. The summed E-state index contributed by atoms with van der Waals surface area (Å²) in [5.41, 5.74) is 0.531. The predicted octanol–water partition coefficient (Wildman–Crippen LogP) is 0.498. The van der Waals surface area contributed by atoms with Gasteiger partial charge in [0, 0.05) is 25.9 Å². The van der Waals surface area contributed by atoms with Crippen LogP contribution in [0.2, 0.25) is 0 Å². The lowest BCUT2D eigenvalue weighted by atomic mass is 9.93. The fourth-order valence-corrected chi connectivity index (χ4v) is 2.13. The average molecular weight is 240 g/mol. The van der Waals surface area contributed by atoms with Crippen LogP contribution in [0.3, 0.4) is 0 Å². The van der Waals surface area contributed by atoms with Gasteiger partial charge in [0.05, 0.1) is 5.56 Å². The molecule has 1 atom stereocenters. The van der Waals surface area contributed by atoms with Crippen LogP contribution >= 0.6 is 0 Å². The van der Waals surface area contributed by atoms with E-state index in [1.54, 1.807) is 0 Å². The maximum absolute atomic E-state index is 11.5. The number of fused-ring (bicyclic) bond motifs is 1. The van der Waals surface area contributed by atoms with Gasteiger partial charge in [0.25, 0.3) is 5.56 Å². The van der Waals surface area contributed by atoms with Gasteiger partial charge in [-0.25, -0.2) is 0 Å². The zero-order valence-corrected chi connectivity index (χ0v) is 9.75. The standard InChI is InChI=1S/C11H16N2O4/c1-7(14)16-6-5-12-8-3-2-4-9-10(8)11(15)13-17-9/h8,12H,2-6H2,1H3,(H,13,15). The van der Waals surface area contributed by atoms with Gasteiger partial charge in [0.1, 0.15) is 12.4 Å². The van der Waals surface area contributed by atoms with Gasteiger partial charge < -0.3 is 14.6 Å². The van der Waals surface area contributed by atoms with Crippen LogP contribution in [0.1, 0.15) is 37.1 Å². The molecule has 0 aliphatic heterocycles. The molecular formula is C11H16N2O4. The molecule has 1 aliphatic rings. The van der Waals surface area contributed by atoms with Crippen LogP contribution in [0.15, 0.2) is 9.32 Å². The van der Waals surface area contributed by atoms with E-state index in [2.05, 4.69) is 10.5 Å². The molecule has 0 amide bonds. The van der Waals surface area contributed by atoms with Gasteiger partial charge >= 0.3 is 5.97 Å². The third-order valence-corrected chi connectivity index (χ3v) is 2.86. The molecule has 0 saturated carbocycles. The van der Waals surface area contributed by atoms with Crippen molar-refractivity contribution in [1.29, 1.82) is 0 Å². The van der Waals surface area contributed by atoms with Crippen molar-refractivity contribution in [3.8, 4) is 0 Å². The number of hydrogen-bond acceptors (Lipinski definition) is 5. The molecule has 1 aliphatic carbocycles. The number of esters is 1. The van der Waals surface area contributed by atoms with Crippen LogP contribution < -0.4 is 10.9 Å². The van der Waals surface area contributed by atoms with Crippen LogP contribution in [0.5, 0.6) is 0 Å². The third kappa shape index (κ3) is 2.76. The second kappa shape index (κ2) is 5.18. The Kier molecular flexibility index (Phi) is 3.63. The summed E-state index contributed by atoms with van der Waals surface area (Å²) in [5.74, 6) is 0.448. The summed E-state index contributed by atoms with van der Waals surface area (Å²) in [6, 6.07) is -0.00296. The zero-order chi connectivity index (χ0) is 12.3. The third-order valence-electron chi connectivity index (χ3n) is 2.86. The quantitative estimate of drug-likeness (QED) is 0.591. The molecule has 0 spiro atoms. The Balaban J connectivity index is 1.92. The van der Waals surface area contributed by atoms with Crippen LogP contribution in [-0.4, -0.2) is 24.3 Å². The van der Waals surface area contributed by atoms with E-state index in [1.165, 1.54) is 6.92 Å². The maximum atomic E-state index is 11.5. The number of aromatic nitrogens is 1. The number of H-pyrrole nitrogens is 1. The summed E-state index contributed by atoms with van der Waals surface area (Å²) in [5, 5.41) is 5.56. The number of rotatable bonds is 4. The number of hydrogen-bond donors (Lipinski definition) is 2. The summed E-state index contributed by atoms with van der Waals surface area (Å²) in [6.07, 6.45) is 2.69. The van der Waals surface area contributed by atoms with E-state index >= 15 is 0 Å². The molecule has 1 heterocycles. The molecule has 0 aromatic carbocycles. The second-order valence-electron chi connectivity index (χ2n) is 4.11. The number of aromatic amines is 1. The fourth-order valence-electron chi connectivity index (χ4n) is 2.13. The molecule has 1 aromatic heterocycles. The van der Waals surface area contributed by atoms with Crippen molar-refractivity contribution < 1.29 is 14.1 Å². The highest BCUT2D eigenvalue weighted by molar-refractivity contribution is 5.65. The first-order chi connectivity index (χ1) is 8.18. The molecule has 17 heavy (non-hydrogen) atoms. The zero-order valence-electron chi connectivity index (χ0n) is 9.75. The Bertz CT molecular complexity index is 449. The molecule has 0 saturated heterocycles. The van der Waals surface area contributed by atoms with Crippen molar-refractivity contribution in [3.63, 3.8) is 0 Å². The largest absolute Gasteiger partial charge is 0.465 e. The van der Waals surface area contributed by atoms with E-state index < -0.39 is 0 Å². The molecule has 1 aromatic rings. The van der Waals surface area contributed by atoms with E-state index in [1.807, 2.05) is 0 Å². The van der Waals surface area contributed by atoms with E-state index in [-0.39, 0.29) is 17.6 Å². The van der Waals surface area contributed by atoms with Gasteiger partial charge in [-0.05, 0) is 12.8 Å². The number of carbonyl (C=O) groups excluding carboxylic acids is 1. The smallest absolute Gasteiger partial charge is 0.302 e. The molecule has 6 nitrogen and oxygen atoms in total. The van der Waals surface area contributed by atoms with Crippen molar-refractivity contribution in [2.75, 3.05) is 13.2 Å². The molecule has 94 valence electrons. The summed E-state index contributed by atoms with van der Waals surface area (Å²) < 4.78 is 9.92. The minimum Gasteiger partial charge on any atom is -0.465 e. The minimum absolute atomic E-state index is 0.00296. The van der Waals surface area contributed by atoms with Crippen molar-refractivity contribution in [2.24, 2.45) is 0 Å². The molecule has 1 unspecified atom stereocenters. The molecule has 0 fully saturated rings. The van der Waals surface area contributed by atoms with Gasteiger partial charge in [-0.3, -0.25) is 9.59 Å². The Morgan fingerprint density at radius 3 is 3.24 bits per heavy atom. The Hall–Kier alpha value is -1.56. The maximum Gasteiger partial charge on any atom is 0.302 e. The SMILES string of the molecule is CC(=O)OCCNC1CCCc2o[nH]c(=O)c21. The lowest BCUT2D eigenvalue weighted by Gasteiger charge is -2.21. The summed E-state index contributed by atoms with van der Waals surface area (Å²) in [4.78, 5) is 22.1. The van der Waals surface area contributed by atoms with Crippen molar-refractivity contribution in [3.05, 3.63) is 21.7 Å². The van der Waals surface area contributed by atoms with E-state index in [9.17, 15) is 9.59 Å². The lowest BCUT2D eigenvalue weighted by Crippen LogP contribution is -2.31. The van der Waals surface area contributed by atoms with Crippen molar-refractivity contribution in [2.45, 2.75) is 32.2 Å². The number of ether oxygens (including phenoxy) is 1. The minimum atomic E-state index is -0.294. The lowest BCUT2D eigenvalue weighted by molar-refractivity contribution is -0.140. The highest BCUT2D eigenvalue weighted by Gasteiger charge is 2.26. The summed E-state index contributed by atoms with van der Waals surface area (Å²) >= 11 is 0. The van der Waals surface area contributed by atoms with Gasteiger partial charge in [0.15, 0.2) is 0 Å². The van der Waals surface area contributed by atoms with Gasteiger partial charge in [-0.1, -0.05) is 0 Å². The first-order valence-electron chi connectivity index (χ1n) is 5.75. The van der Waals surface area contributed by atoms with E-state index in [0.717, 1.165) is 25.0 Å². The van der Waals surface area contributed by atoms with E-state index in [0.29, 0.717) is 18.7 Å². The van der Waals surface area contributed by atoms with Gasteiger partial charge in [0.2, 0.25) is 0 Å². The Labute approximate surface area is 98.3 Å². The van der Waals surface area contributed by atoms with E-state index in [4.69, 9.17) is 9.26 Å². The molecule has 0 radical (unpaired) electrons. The molecule has 6 heteroatoms. The predicted molar refractivity (Wildman–Crippen MR) is 59.6 cm³/mol. The number of carbonyl (C=O) groups is 1. The monoisotopic (exact) mass is 240 g/mol. The van der Waals surface area contributed by atoms with Crippen LogP contribution in [0, 0.1) is 0 Å². The summed E-state index contributed by atoms with van der Waals surface area (Å²) in [7, 11) is 0. The highest BCUT2D eigenvalue weighted by Crippen LogP contribution is 2.26. The van der Waals surface area contributed by atoms with Crippen LogP contribution in [0.25, 0.3) is 0 Å². The normalized spacial score (nSPS) is 18.8. The second-order valence-corrected chi connectivity index (χ2v) is 4.11. The fraction of sp³-hybridized carbons (Fsp3) is 0.636. The number of aryl methyl sites for hydroxylation is 1. The first-order valence-corrected chi connectivity index (χ1v) is 5.75. The molecular weight excluding hydrogens is 224 g/mol. The van der Waals surface area contributed by atoms with Crippen LogP contribution in [-0.2, 0) is 16.0 Å². The van der Waals surface area contributed by atoms with Crippen molar-refractivity contribution >= 4 is 5.97 Å². The Morgan fingerprint density at radius 1 is 1.65 bits per heavy atom. The van der Waals surface area contributed by atoms with Crippen molar-refractivity contribution in [1.82, 2.24) is 10.5 Å². The Morgan fingerprint density at radius 2 is 2.47 bits per heavy atom. The first kappa shape index (κ1) is 11.9. The molecule has 0 bridgehead atoms. The topological polar surface area (TPSA) is 84.3 Å². The van der Waals surface area contributed by atoms with Gasteiger partial charge in [-0.2, -0.15) is 5.16 Å². The van der Waals surface area contributed by atoms with Crippen LogP contribution in [0.4, 0.5) is 0 Å².